The van der Waals surface area contributed by atoms with E-state index in [1.165, 1.54) is 11.8 Å². The van der Waals surface area contributed by atoms with Gasteiger partial charge in [0.1, 0.15) is 9.84 Å². The number of carboxylic acid groups (broad SMARTS) is 1. The molecule has 0 spiro atoms. The molecule has 0 aliphatic carbocycles. The number of rotatable bonds is 7. The van der Waals surface area contributed by atoms with Gasteiger partial charge in [-0.1, -0.05) is 6.92 Å². The van der Waals surface area contributed by atoms with Crippen LogP contribution in [0, 0.1) is 5.92 Å². The van der Waals surface area contributed by atoms with Crippen molar-refractivity contribution < 1.29 is 23.1 Å². The molecule has 1 amide bonds. The van der Waals surface area contributed by atoms with Crippen molar-refractivity contribution in [2.45, 2.75) is 20.3 Å². The standard InChI is InChI=1S/C10H19NO5S/c1-4-11(7-8(2)10(13)14)9(12)5-6-17(3,15)16/h8H,4-7H2,1-3H3,(H,13,14). The molecule has 1 atom stereocenters. The quantitative estimate of drug-likeness (QED) is 0.699. The molecule has 7 heteroatoms. The highest BCUT2D eigenvalue weighted by Gasteiger charge is 2.19. The molecule has 0 radical (unpaired) electrons. The molecule has 1 N–H and O–H groups in total. The number of sulfone groups is 1. The molecule has 0 heterocycles. The number of carbonyl (C=O) groups excluding carboxylic acids is 1. The number of nitrogens with zero attached hydrogens (tertiary/aromatic N) is 1. The predicted octanol–water partition coefficient (Wildman–Crippen LogP) is -0.00970. The second kappa shape index (κ2) is 6.58. The fourth-order valence-corrected chi connectivity index (χ4v) is 1.79. The van der Waals surface area contributed by atoms with Crippen molar-refractivity contribution in [2.75, 3.05) is 25.1 Å². The molecular formula is C10H19NO5S. The van der Waals surface area contributed by atoms with Crippen molar-refractivity contribution in [3.63, 3.8) is 0 Å². The molecule has 0 bridgehead atoms. The van der Waals surface area contributed by atoms with E-state index < -0.39 is 21.7 Å². The molecule has 6 nitrogen and oxygen atoms in total. The van der Waals surface area contributed by atoms with E-state index in [1.807, 2.05) is 0 Å². The number of aliphatic carboxylic acids is 1. The van der Waals surface area contributed by atoms with Crippen LogP contribution < -0.4 is 0 Å². The lowest BCUT2D eigenvalue weighted by Crippen LogP contribution is -2.37. The first kappa shape index (κ1) is 15.9. The van der Waals surface area contributed by atoms with Gasteiger partial charge in [-0.15, -0.1) is 0 Å². The molecule has 0 saturated carbocycles. The summed E-state index contributed by atoms with van der Waals surface area (Å²) in [7, 11) is -3.17. The zero-order valence-electron chi connectivity index (χ0n) is 10.3. The Morgan fingerprint density at radius 2 is 1.88 bits per heavy atom. The topological polar surface area (TPSA) is 91.8 Å². The maximum atomic E-state index is 11.6. The largest absolute Gasteiger partial charge is 0.481 e. The Kier molecular flexibility index (Phi) is 6.15. The molecule has 0 aromatic carbocycles. The summed E-state index contributed by atoms with van der Waals surface area (Å²) in [6, 6.07) is 0. The summed E-state index contributed by atoms with van der Waals surface area (Å²) in [4.78, 5) is 23.7. The lowest BCUT2D eigenvalue weighted by Gasteiger charge is -2.22. The van der Waals surface area contributed by atoms with E-state index in [0.717, 1.165) is 6.26 Å². The van der Waals surface area contributed by atoms with Crippen LogP contribution in [0.5, 0.6) is 0 Å². The summed E-state index contributed by atoms with van der Waals surface area (Å²) in [6.45, 7) is 3.72. The van der Waals surface area contributed by atoms with Crippen LogP contribution in [-0.4, -0.2) is 55.4 Å². The molecule has 0 aromatic heterocycles. The van der Waals surface area contributed by atoms with Crippen molar-refractivity contribution in [1.29, 1.82) is 0 Å². The minimum Gasteiger partial charge on any atom is -0.481 e. The Morgan fingerprint density at radius 1 is 1.35 bits per heavy atom. The van der Waals surface area contributed by atoms with Gasteiger partial charge in [0.25, 0.3) is 0 Å². The molecule has 0 aliphatic rings. The first-order chi connectivity index (χ1) is 7.67. The van der Waals surface area contributed by atoms with E-state index in [-0.39, 0.29) is 24.6 Å². The third-order valence-corrected chi connectivity index (χ3v) is 3.28. The number of carbonyl (C=O) groups is 2. The molecular weight excluding hydrogens is 246 g/mol. The highest BCUT2D eigenvalue weighted by atomic mass is 32.2. The zero-order valence-corrected chi connectivity index (χ0v) is 11.2. The van der Waals surface area contributed by atoms with Crippen LogP contribution in [-0.2, 0) is 19.4 Å². The summed E-state index contributed by atoms with van der Waals surface area (Å²) in [6.07, 6.45) is 0.968. The van der Waals surface area contributed by atoms with Gasteiger partial charge in [-0.05, 0) is 6.92 Å². The van der Waals surface area contributed by atoms with Gasteiger partial charge in [-0.25, -0.2) is 8.42 Å². The van der Waals surface area contributed by atoms with E-state index in [4.69, 9.17) is 5.11 Å². The van der Waals surface area contributed by atoms with E-state index in [0.29, 0.717) is 6.54 Å². The van der Waals surface area contributed by atoms with Gasteiger partial charge in [-0.2, -0.15) is 0 Å². The Hall–Kier alpha value is -1.11. The van der Waals surface area contributed by atoms with E-state index in [2.05, 4.69) is 0 Å². The van der Waals surface area contributed by atoms with Crippen LogP contribution in [0.2, 0.25) is 0 Å². The monoisotopic (exact) mass is 265 g/mol. The van der Waals surface area contributed by atoms with Crippen molar-refractivity contribution in [2.24, 2.45) is 5.92 Å². The SMILES string of the molecule is CCN(CC(C)C(=O)O)C(=O)CCS(C)(=O)=O. The second-order valence-electron chi connectivity index (χ2n) is 4.05. The van der Waals surface area contributed by atoms with Crippen LogP contribution in [0.25, 0.3) is 0 Å². The van der Waals surface area contributed by atoms with Crippen LogP contribution in [0.15, 0.2) is 0 Å². The fourth-order valence-electron chi connectivity index (χ4n) is 1.25. The number of hydrogen-bond acceptors (Lipinski definition) is 4. The molecule has 1 unspecified atom stereocenters. The van der Waals surface area contributed by atoms with Gasteiger partial charge < -0.3 is 10.0 Å². The molecule has 0 aliphatic heterocycles. The first-order valence-corrected chi connectivity index (χ1v) is 7.41. The highest BCUT2D eigenvalue weighted by Crippen LogP contribution is 2.03. The van der Waals surface area contributed by atoms with Crippen LogP contribution >= 0.6 is 0 Å². The summed E-state index contributed by atoms with van der Waals surface area (Å²) < 4.78 is 21.8. The Bertz CT molecular complexity index is 376. The maximum absolute atomic E-state index is 11.6. The summed E-state index contributed by atoms with van der Waals surface area (Å²) >= 11 is 0. The number of hydrogen-bond donors (Lipinski definition) is 1. The van der Waals surface area contributed by atoms with Gasteiger partial charge in [0.2, 0.25) is 5.91 Å². The summed E-state index contributed by atoms with van der Waals surface area (Å²) in [5.41, 5.74) is 0. The molecule has 100 valence electrons. The maximum Gasteiger partial charge on any atom is 0.308 e. The highest BCUT2D eigenvalue weighted by molar-refractivity contribution is 7.90. The van der Waals surface area contributed by atoms with Crippen LogP contribution in [0.1, 0.15) is 20.3 Å². The van der Waals surface area contributed by atoms with Gasteiger partial charge in [-0.3, -0.25) is 9.59 Å². The summed E-state index contributed by atoms with van der Waals surface area (Å²) in [5, 5.41) is 8.73. The van der Waals surface area contributed by atoms with Crippen LogP contribution in [0.3, 0.4) is 0 Å². The minimum atomic E-state index is -3.17. The average molecular weight is 265 g/mol. The van der Waals surface area contributed by atoms with Crippen molar-refractivity contribution in [3.8, 4) is 0 Å². The van der Waals surface area contributed by atoms with Crippen LogP contribution in [0.4, 0.5) is 0 Å². The van der Waals surface area contributed by atoms with Gasteiger partial charge >= 0.3 is 5.97 Å². The van der Waals surface area contributed by atoms with E-state index in [9.17, 15) is 18.0 Å². The Balaban J connectivity index is 4.36. The normalized spacial score (nSPS) is 13.1. The fraction of sp³-hybridized carbons (Fsp3) is 0.800. The third-order valence-electron chi connectivity index (χ3n) is 2.34. The third kappa shape index (κ3) is 6.93. The summed E-state index contributed by atoms with van der Waals surface area (Å²) in [5.74, 6) is -2.16. The minimum absolute atomic E-state index is 0.0982. The van der Waals surface area contributed by atoms with Crippen molar-refractivity contribution in [3.05, 3.63) is 0 Å². The van der Waals surface area contributed by atoms with E-state index in [1.54, 1.807) is 6.92 Å². The number of carboxylic acids is 1. The molecule has 17 heavy (non-hydrogen) atoms. The second-order valence-corrected chi connectivity index (χ2v) is 6.31. The van der Waals surface area contributed by atoms with Crippen molar-refractivity contribution >= 4 is 21.7 Å². The predicted molar refractivity (Wildman–Crippen MR) is 63.4 cm³/mol. The first-order valence-electron chi connectivity index (χ1n) is 5.35. The Labute approximate surface area is 102 Å². The lowest BCUT2D eigenvalue weighted by atomic mass is 10.1. The molecule has 0 rings (SSSR count). The smallest absolute Gasteiger partial charge is 0.308 e. The molecule has 0 aromatic rings. The zero-order chi connectivity index (χ0) is 13.6. The lowest BCUT2D eigenvalue weighted by molar-refractivity contribution is -0.143. The van der Waals surface area contributed by atoms with E-state index >= 15 is 0 Å². The molecule has 0 fully saturated rings. The van der Waals surface area contributed by atoms with Crippen molar-refractivity contribution in [1.82, 2.24) is 4.90 Å². The van der Waals surface area contributed by atoms with Gasteiger partial charge in [0.15, 0.2) is 0 Å². The van der Waals surface area contributed by atoms with Gasteiger partial charge in [0.05, 0.1) is 11.7 Å². The molecule has 0 saturated heterocycles. The van der Waals surface area contributed by atoms with Gasteiger partial charge in [0, 0.05) is 25.8 Å². The average Bonchev–Trinajstić information content (AvgIpc) is 2.20. The Morgan fingerprint density at radius 3 is 2.24 bits per heavy atom. The number of amides is 1.